The van der Waals surface area contributed by atoms with E-state index in [-0.39, 0.29) is 18.9 Å². The molecule has 8 nitrogen and oxygen atoms in total. The summed E-state index contributed by atoms with van der Waals surface area (Å²) in [7, 11) is 3.16. The van der Waals surface area contributed by atoms with Crippen LogP contribution in [0.4, 0.5) is 0 Å². The number of fused-ring (bicyclic) bond motifs is 1. The van der Waals surface area contributed by atoms with E-state index >= 15 is 0 Å². The molecular formula is C27H29N3O5S. The molecule has 9 heteroatoms. The highest BCUT2D eigenvalue weighted by Gasteiger charge is 2.42. The van der Waals surface area contributed by atoms with Gasteiger partial charge in [0, 0.05) is 23.9 Å². The number of hydrogen-bond acceptors (Lipinski definition) is 8. The number of methoxy groups -OCH3 is 2. The largest absolute Gasteiger partial charge is 0.497 e. The first-order chi connectivity index (χ1) is 17.5. The van der Waals surface area contributed by atoms with Crippen molar-refractivity contribution in [3.8, 4) is 11.5 Å². The van der Waals surface area contributed by atoms with Gasteiger partial charge >= 0.3 is 5.97 Å². The van der Waals surface area contributed by atoms with Crippen LogP contribution in [0.3, 0.4) is 0 Å². The van der Waals surface area contributed by atoms with Crippen LogP contribution in [0.5, 0.6) is 11.5 Å². The van der Waals surface area contributed by atoms with Gasteiger partial charge in [-0.25, -0.2) is 9.79 Å². The van der Waals surface area contributed by atoms with Crippen LogP contribution >= 0.6 is 11.8 Å². The fraction of sp³-hybridized carbons (Fsp3) is 0.296. The Bertz CT molecular complexity index is 1240. The molecule has 0 fully saturated rings. The zero-order valence-electron chi connectivity index (χ0n) is 20.7. The molecule has 1 amide bonds. The fourth-order valence-corrected chi connectivity index (χ4v) is 5.16. The van der Waals surface area contributed by atoms with Crippen LogP contribution in [-0.2, 0) is 20.9 Å². The van der Waals surface area contributed by atoms with E-state index in [1.807, 2.05) is 59.7 Å². The van der Waals surface area contributed by atoms with Gasteiger partial charge < -0.3 is 24.4 Å². The number of rotatable bonds is 9. The van der Waals surface area contributed by atoms with Crippen molar-refractivity contribution in [3.05, 3.63) is 82.0 Å². The van der Waals surface area contributed by atoms with E-state index in [0.717, 1.165) is 16.8 Å². The lowest BCUT2D eigenvalue weighted by Gasteiger charge is -2.36. The molecule has 1 N–H and O–H groups in total. The topological polar surface area (TPSA) is 89.5 Å². The number of esters is 1. The van der Waals surface area contributed by atoms with Gasteiger partial charge in [-0.2, -0.15) is 0 Å². The highest BCUT2D eigenvalue weighted by Crippen LogP contribution is 2.47. The second-order valence-electron chi connectivity index (χ2n) is 8.19. The number of carbonyl (C=O) groups excluding carboxylic acids is 2. The van der Waals surface area contributed by atoms with Gasteiger partial charge in [0.25, 0.3) is 0 Å². The van der Waals surface area contributed by atoms with Crippen LogP contribution in [0.2, 0.25) is 0 Å². The summed E-state index contributed by atoms with van der Waals surface area (Å²) in [5, 5.41) is 5.44. The molecule has 0 saturated heterocycles. The van der Waals surface area contributed by atoms with Gasteiger partial charge in [-0.1, -0.05) is 42.1 Å². The van der Waals surface area contributed by atoms with E-state index in [1.54, 1.807) is 27.2 Å². The van der Waals surface area contributed by atoms with E-state index in [1.165, 1.54) is 11.8 Å². The highest BCUT2D eigenvalue weighted by atomic mass is 32.2. The molecule has 0 aliphatic carbocycles. The molecule has 0 saturated carbocycles. The zero-order chi connectivity index (χ0) is 25.7. The normalized spacial score (nSPS) is 16.7. The lowest BCUT2D eigenvalue weighted by Crippen LogP contribution is -2.38. The summed E-state index contributed by atoms with van der Waals surface area (Å²) in [5.74, 6) is 0.598. The lowest BCUT2D eigenvalue weighted by molar-refractivity contribution is -0.141. The summed E-state index contributed by atoms with van der Waals surface area (Å²) < 4.78 is 16.8. The summed E-state index contributed by atoms with van der Waals surface area (Å²) in [6.07, 6.45) is 0.153. The molecular weight excluding hydrogens is 478 g/mol. The van der Waals surface area contributed by atoms with Crippen molar-refractivity contribution < 1.29 is 23.8 Å². The quantitative estimate of drug-likeness (QED) is 0.498. The number of aliphatic imine (C=N–C) groups is 1. The number of ether oxygens (including phenoxy) is 3. The monoisotopic (exact) mass is 507 g/mol. The first-order valence-corrected chi connectivity index (χ1v) is 12.5. The molecule has 188 valence electrons. The van der Waals surface area contributed by atoms with Gasteiger partial charge in [0.15, 0.2) is 5.17 Å². The molecule has 0 aromatic heterocycles. The maximum absolute atomic E-state index is 13.6. The third-order valence-corrected chi connectivity index (χ3v) is 6.77. The summed E-state index contributed by atoms with van der Waals surface area (Å²) in [6.45, 7) is 4.35. The van der Waals surface area contributed by atoms with Crippen LogP contribution in [0, 0.1) is 0 Å². The Kier molecular flexibility index (Phi) is 8.00. The smallest absolute Gasteiger partial charge is 0.338 e. The third kappa shape index (κ3) is 5.26. The number of amidine groups is 1. The molecule has 2 aliphatic rings. The summed E-state index contributed by atoms with van der Waals surface area (Å²) >= 11 is 1.42. The van der Waals surface area contributed by atoms with Gasteiger partial charge in [-0.3, -0.25) is 4.79 Å². The van der Waals surface area contributed by atoms with Gasteiger partial charge in [0.1, 0.15) is 18.1 Å². The van der Waals surface area contributed by atoms with E-state index in [2.05, 4.69) is 5.32 Å². The number of nitrogens with zero attached hydrogens (tertiary/aromatic N) is 2. The first kappa shape index (κ1) is 25.4. The van der Waals surface area contributed by atoms with Crippen molar-refractivity contribution in [2.75, 3.05) is 20.8 Å². The van der Waals surface area contributed by atoms with Crippen molar-refractivity contribution in [1.82, 2.24) is 10.2 Å². The second kappa shape index (κ2) is 11.3. The molecule has 36 heavy (non-hydrogen) atoms. The molecule has 2 heterocycles. The first-order valence-electron chi connectivity index (χ1n) is 11.6. The van der Waals surface area contributed by atoms with E-state index in [0.29, 0.717) is 34.5 Å². The number of nitrogens with one attached hydrogen (secondary N) is 1. The Hall–Kier alpha value is -3.72. The van der Waals surface area contributed by atoms with Crippen molar-refractivity contribution in [2.24, 2.45) is 4.99 Å². The lowest BCUT2D eigenvalue weighted by atomic mass is 9.93. The average molecular weight is 508 g/mol. The molecule has 0 unspecified atom stereocenters. The Balaban J connectivity index is 1.75. The number of thioether (sulfide) groups is 1. The standard InChI is InChI=1S/C27H29N3O5S/c1-5-28-23(31)13-19-16-36-27-29-17(2)24(26(32)35-15-18-9-7-6-8-10-18)25(30(19)27)21-12-11-20(33-3)14-22(21)34-4/h6-12,14,16,25H,5,13,15H2,1-4H3,(H,28,31)/t25-/m1/s1. The number of amides is 1. The Morgan fingerprint density at radius 2 is 1.89 bits per heavy atom. The number of hydrogen-bond donors (Lipinski definition) is 1. The maximum Gasteiger partial charge on any atom is 0.338 e. The molecule has 2 aliphatic heterocycles. The van der Waals surface area contributed by atoms with Crippen molar-refractivity contribution in [1.29, 1.82) is 0 Å². The van der Waals surface area contributed by atoms with Crippen molar-refractivity contribution in [2.45, 2.75) is 32.9 Å². The Morgan fingerprint density at radius 3 is 2.58 bits per heavy atom. The molecule has 1 atom stereocenters. The fourth-order valence-electron chi connectivity index (χ4n) is 4.19. The van der Waals surface area contributed by atoms with Gasteiger partial charge in [-0.15, -0.1) is 0 Å². The van der Waals surface area contributed by atoms with Crippen LogP contribution in [0.15, 0.2) is 75.9 Å². The predicted molar refractivity (Wildman–Crippen MR) is 139 cm³/mol. The maximum atomic E-state index is 13.6. The van der Waals surface area contributed by atoms with E-state index in [9.17, 15) is 9.59 Å². The molecule has 0 spiro atoms. The summed E-state index contributed by atoms with van der Waals surface area (Å²) in [4.78, 5) is 32.7. The van der Waals surface area contributed by atoms with E-state index in [4.69, 9.17) is 19.2 Å². The van der Waals surface area contributed by atoms with Gasteiger partial charge in [0.05, 0.1) is 38.0 Å². The number of allylic oxidation sites excluding steroid dienone is 1. The predicted octanol–water partition coefficient (Wildman–Crippen LogP) is 4.55. The zero-order valence-corrected chi connectivity index (χ0v) is 21.6. The average Bonchev–Trinajstić information content (AvgIpc) is 3.28. The van der Waals surface area contributed by atoms with Crippen molar-refractivity contribution in [3.63, 3.8) is 0 Å². The minimum absolute atomic E-state index is 0.106. The van der Waals surface area contributed by atoms with Crippen LogP contribution < -0.4 is 14.8 Å². The molecule has 4 rings (SSSR count). The number of benzene rings is 2. The van der Waals surface area contributed by atoms with Crippen molar-refractivity contribution >= 4 is 28.8 Å². The van der Waals surface area contributed by atoms with Crippen LogP contribution in [0.25, 0.3) is 0 Å². The summed E-state index contributed by atoms with van der Waals surface area (Å²) in [6, 6.07) is 14.4. The molecule has 0 radical (unpaired) electrons. The van der Waals surface area contributed by atoms with Gasteiger partial charge in [-0.05, 0) is 37.0 Å². The van der Waals surface area contributed by atoms with Gasteiger partial charge in [0.2, 0.25) is 5.91 Å². The van der Waals surface area contributed by atoms with Crippen LogP contribution in [0.1, 0.15) is 37.4 Å². The minimum Gasteiger partial charge on any atom is -0.497 e. The summed E-state index contributed by atoms with van der Waals surface area (Å²) in [5.41, 5.74) is 3.32. The Labute approximate surface area is 215 Å². The minimum atomic E-state index is -0.600. The molecule has 2 aromatic rings. The number of carbonyl (C=O) groups is 2. The second-order valence-corrected chi connectivity index (χ2v) is 9.03. The molecule has 0 bridgehead atoms. The van der Waals surface area contributed by atoms with Crippen LogP contribution in [-0.4, -0.2) is 42.7 Å². The van der Waals surface area contributed by atoms with E-state index < -0.39 is 12.0 Å². The third-order valence-electron chi connectivity index (χ3n) is 5.88. The SMILES string of the molecule is CCNC(=O)CC1=CSC2=NC(C)=C(C(=O)OCc3ccccc3)[C@@H](c3ccc(OC)cc3OC)N12. The highest BCUT2D eigenvalue weighted by molar-refractivity contribution is 8.16. The molecule has 2 aromatic carbocycles. The Morgan fingerprint density at radius 1 is 1.11 bits per heavy atom.